The third-order valence-electron chi connectivity index (χ3n) is 4.49. The maximum atomic E-state index is 12.6. The van der Waals surface area contributed by atoms with Crippen LogP contribution in [0.5, 0.6) is 11.5 Å². The molecule has 0 N–H and O–H groups in total. The second-order valence-corrected chi connectivity index (χ2v) is 10.8. The largest absolute Gasteiger partial charge is 0.374 e. The first kappa shape index (κ1) is 23.3. The Morgan fingerprint density at radius 2 is 1.00 bits per heavy atom. The lowest BCUT2D eigenvalue weighted by Gasteiger charge is -2.10. The van der Waals surface area contributed by atoms with Gasteiger partial charge in [-0.1, -0.05) is 51.0 Å². The highest BCUT2D eigenvalue weighted by molar-refractivity contribution is 7.87. The molecule has 0 fully saturated rings. The molecule has 1 heterocycles. The third kappa shape index (κ3) is 5.87. The number of rotatable bonds is 10. The molecule has 0 unspecified atom stereocenters. The molecule has 6 nitrogen and oxygen atoms in total. The van der Waals surface area contributed by atoms with Crippen molar-refractivity contribution in [1.29, 1.82) is 0 Å². The number of hydrogen-bond donors (Lipinski definition) is 0. The lowest BCUT2D eigenvalue weighted by Crippen LogP contribution is -2.13. The molecular weight excluding hydrogens is 456 g/mol. The molecule has 1 aromatic heterocycles. The van der Waals surface area contributed by atoms with Crippen molar-refractivity contribution < 1.29 is 25.2 Å². The lowest BCUT2D eigenvalue weighted by atomic mass is 10.1. The highest BCUT2D eigenvalue weighted by atomic mass is 32.2. The molecule has 166 valence electrons. The molecule has 0 amide bonds. The minimum absolute atomic E-state index is 0.0149. The van der Waals surface area contributed by atoms with E-state index < -0.39 is 20.2 Å². The molecule has 0 aliphatic carbocycles. The highest BCUT2D eigenvalue weighted by Crippen LogP contribution is 2.36. The normalized spacial score (nSPS) is 11.9. The van der Waals surface area contributed by atoms with E-state index in [1.54, 1.807) is 24.3 Å². The van der Waals surface area contributed by atoms with Crippen LogP contribution >= 0.6 is 11.3 Å². The first-order valence-electron chi connectivity index (χ1n) is 9.88. The molecule has 3 rings (SSSR count). The van der Waals surface area contributed by atoms with E-state index in [1.807, 2.05) is 13.8 Å². The van der Waals surface area contributed by atoms with Gasteiger partial charge in [-0.25, -0.2) is 0 Å². The van der Waals surface area contributed by atoms with Crippen LogP contribution < -0.4 is 8.37 Å². The predicted octanol–water partition coefficient (Wildman–Crippen LogP) is 5.19. The van der Waals surface area contributed by atoms with Gasteiger partial charge in [-0.05, 0) is 48.2 Å². The zero-order valence-electron chi connectivity index (χ0n) is 17.3. The topological polar surface area (TPSA) is 86.7 Å². The fourth-order valence-electron chi connectivity index (χ4n) is 2.95. The van der Waals surface area contributed by atoms with Gasteiger partial charge in [-0.3, -0.25) is 0 Å². The summed E-state index contributed by atoms with van der Waals surface area (Å²) >= 11 is 1.08. The number of aryl methyl sites for hydroxylation is 2. The lowest BCUT2D eigenvalue weighted by molar-refractivity contribution is 0.451. The molecule has 0 bridgehead atoms. The smallest absolute Gasteiger partial charge is 0.339 e. The minimum Gasteiger partial charge on any atom is -0.374 e. The van der Waals surface area contributed by atoms with Gasteiger partial charge < -0.3 is 8.37 Å². The molecule has 2 aromatic carbocycles. The molecular formula is C22H24O6S3. The molecule has 0 saturated carbocycles. The summed E-state index contributed by atoms with van der Waals surface area (Å²) in [5, 5.41) is 2.77. The predicted molar refractivity (Wildman–Crippen MR) is 121 cm³/mol. The van der Waals surface area contributed by atoms with Crippen molar-refractivity contribution in [3.05, 3.63) is 70.4 Å². The van der Waals surface area contributed by atoms with E-state index in [0.717, 1.165) is 48.1 Å². The Balaban J connectivity index is 1.78. The Hall–Kier alpha value is -2.36. The fraction of sp³-hybridized carbons (Fsp3) is 0.273. The zero-order chi connectivity index (χ0) is 22.5. The summed E-state index contributed by atoms with van der Waals surface area (Å²) in [6.07, 6.45) is 3.60. The SMILES string of the molecule is CCCc1ccc(S(=O)(=O)Oc2cscc2OS(=O)(=O)c2ccc(CCC)cc2)cc1. The van der Waals surface area contributed by atoms with Gasteiger partial charge in [0.1, 0.15) is 9.79 Å². The van der Waals surface area contributed by atoms with Crippen molar-refractivity contribution in [2.75, 3.05) is 0 Å². The first-order chi connectivity index (χ1) is 14.7. The third-order valence-corrected chi connectivity index (χ3v) is 7.69. The number of thiophene rings is 1. The average Bonchev–Trinajstić information content (AvgIpc) is 3.14. The summed E-state index contributed by atoms with van der Waals surface area (Å²) in [5.74, 6) is -0.345. The van der Waals surface area contributed by atoms with E-state index >= 15 is 0 Å². The summed E-state index contributed by atoms with van der Waals surface area (Å²) in [7, 11) is -8.28. The van der Waals surface area contributed by atoms with Crippen molar-refractivity contribution >= 4 is 31.6 Å². The van der Waals surface area contributed by atoms with Gasteiger partial charge in [0.15, 0.2) is 11.5 Å². The van der Waals surface area contributed by atoms with Gasteiger partial charge in [0.25, 0.3) is 0 Å². The van der Waals surface area contributed by atoms with Crippen LogP contribution in [-0.4, -0.2) is 16.8 Å². The standard InChI is InChI=1S/C22H24O6S3/c1-3-5-17-7-11-19(12-8-17)30(23,24)27-21-15-29-16-22(21)28-31(25,26)20-13-9-18(6-4-2)10-14-20/h7-16H,3-6H2,1-2H3. The van der Waals surface area contributed by atoms with Crippen LogP contribution in [0.1, 0.15) is 37.8 Å². The monoisotopic (exact) mass is 480 g/mol. The van der Waals surface area contributed by atoms with Gasteiger partial charge in [0, 0.05) is 10.8 Å². The zero-order valence-corrected chi connectivity index (χ0v) is 19.7. The van der Waals surface area contributed by atoms with Crippen molar-refractivity contribution in [3.8, 4) is 11.5 Å². The van der Waals surface area contributed by atoms with Gasteiger partial charge in [-0.15, -0.1) is 11.3 Å². The maximum absolute atomic E-state index is 12.6. The van der Waals surface area contributed by atoms with Crippen LogP contribution in [0.4, 0.5) is 0 Å². The van der Waals surface area contributed by atoms with Crippen molar-refractivity contribution in [2.24, 2.45) is 0 Å². The Morgan fingerprint density at radius 1 is 0.645 bits per heavy atom. The minimum atomic E-state index is -4.14. The van der Waals surface area contributed by atoms with E-state index in [2.05, 4.69) is 0 Å². The fourth-order valence-corrected chi connectivity index (χ4v) is 5.58. The van der Waals surface area contributed by atoms with Gasteiger partial charge in [0.2, 0.25) is 0 Å². The summed E-state index contributed by atoms with van der Waals surface area (Å²) in [5.41, 5.74) is 2.05. The average molecular weight is 481 g/mol. The molecule has 0 aliphatic heterocycles. The molecule has 0 saturated heterocycles. The second-order valence-electron chi connectivity index (χ2n) is 6.96. The van der Waals surface area contributed by atoms with Crippen molar-refractivity contribution in [3.63, 3.8) is 0 Å². The molecule has 0 spiro atoms. The molecule has 0 atom stereocenters. The van der Waals surface area contributed by atoms with E-state index in [9.17, 15) is 16.8 Å². The van der Waals surface area contributed by atoms with Crippen molar-refractivity contribution in [2.45, 2.75) is 49.3 Å². The molecule has 0 radical (unpaired) electrons. The van der Waals surface area contributed by atoms with Crippen LogP contribution in [0.15, 0.2) is 69.1 Å². The maximum Gasteiger partial charge on any atom is 0.339 e. The molecule has 31 heavy (non-hydrogen) atoms. The van der Waals surface area contributed by atoms with Crippen LogP contribution in [0, 0.1) is 0 Å². The Labute approximate surface area is 187 Å². The second kappa shape index (κ2) is 9.84. The van der Waals surface area contributed by atoms with Gasteiger partial charge >= 0.3 is 20.2 Å². The number of benzene rings is 2. The summed E-state index contributed by atoms with van der Waals surface area (Å²) < 4.78 is 60.9. The highest BCUT2D eigenvalue weighted by Gasteiger charge is 2.24. The van der Waals surface area contributed by atoms with Gasteiger partial charge in [-0.2, -0.15) is 16.8 Å². The van der Waals surface area contributed by atoms with E-state index in [4.69, 9.17) is 8.37 Å². The quantitative estimate of drug-likeness (QED) is 0.371. The summed E-state index contributed by atoms with van der Waals surface area (Å²) in [6, 6.07) is 12.8. The van der Waals surface area contributed by atoms with E-state index in [0.29, 0.717) is 0 Å². The first-order valence-corrected chi connectivity index (χ1v) is 13.6. The Kier molecular flexibility index (Phi) is 7.40. The van der Waals surface area contributed by atoms with E-state index in [1.165, 1.54) is 35.0 Å². The molecule has 9 heteroatoms. The summed E-state index contributed by atoms with van der Waals surface area (Å²) in [4.78, 5) is -0.0299. The Bertz CT molecular complexity index is 1110. The van der Waals surface area contributed by atoms with Crippen LogP contribution in [0.25, 0.3) is 0 Å². The van der Waals surface area contributed by atoms with Crippen LogP contribution in [0.2, 0.25) is 0 Å². The molecule has 0 aliphatic rings. The molecule has 3 aromatic rings. The van der Waals surface area contributed by atoms with E-state index in [-0.39, 0.29) is 21.3 Å². The van der Waals surface area contributed by atoms with Crippen LogP contribution in [-0.2, 0) is 33.1 Å². The van der Waals surface area contributed by atoms with Crippen molar-refractivity contribution in [1.82, 2.24) is 0 Å². The summed E-state index contributed by atoms with van der Waals surface area (Å²) in [6.45, 7) is 4.08. The van der Waals surface area contributed by atoms with Gasteiger partial charge in [0.05, 0.1) is 0 Å². The number of hydrogen-bond acceptors (Lipinski definition) is 7. The van der Waals surface area contributed by atoms with Crippen LogP contribution in [0.3, 0.4) is 0 Å². The Morgan fingerprint density at radius 3 is 1.32 bits per heavy atom.